The maximum absolute atomic E-state index is 12.7. The van der Waals surface area contributed by atoms with E-state index < -0.39 is 12.0 Å². The van der Waals surface area contributed by atoms with Gasteiger partial charge in [0.15, 0.2) is 0 Å². The van der Waals surface area contributed by atoms with Crippen LogP contribution in [0.2, 0.25) is 0 Å². The molecule has 0 spiro atoms. The summed E-state index contributed by atoms with van der Waals surface area (Å²) in [6, 6.07) is 6.12. The molecule has 9 heteroatoms. The van der Waals surface area contributed by atoms with Gasteiger partial charge < -0.3 is 20.3 Å². The first-order valence-corrected chi connectivity index (χ1v) is 12.1. The lowest BCUT2D eigenvalue weighted by atomic mass is 9.98. The number of likely N-dealkylation sites (tertiary alicyclic amines) is 1. The van der Waals surface area contributed by atoms with Crippen LogP contribution in [0.25, 0.3) is 0 Å². The fraction of sp³-hybridized carbons (Fsp3) is 0.600. The smallest absolute Gasteiger partial charge is 0.307 e. The molecule has 2 saturated heterocycles. The van der Waals surface area contributed by atoms with Crippen molar-refractivity contribution in [3.63, 3.8) is 0 Å². The molecule has 34 heavy (non-hydrogen) atoms. The van der Waals surface area contributed by atoms with Crippen LogP contribution in [0, 0.1) is 11.8 Å². The van der Waals surface area contributed by atoms with Gasteiger partial charge in [-0.15, -0.1) is 0 Å². The number of benzene rings is 1. The molecule has 2 heterocycles. The van der Waals surface area contributed by atoms with Crippen LogP contribution in [-0.2, 0) is 19.1 Å². The lowest BCUT2D eigenvalue weighted by molar-refractivity contribution is -0.149. The van der Waals surface area contributed by atoms with Crippen molar-refractivity contribution in [2.75, 3.05) is 44.6 Å². The second-order valence-corrected chi connectivity index (χ2v) is 9.66. The number of nitrogens with zero attached hydrogens (tertiary/aromatic N) is 2. The fourth-order valence-electron chi connectivity index (χ4n) is 4.12. The number of anilines is 1. The second kappa shape index (κ2) is 12.0. The SMILES string of the molecule is CC(C)COC(=O)CC1C(=O)NCCN1CC(=O)Nc1ccc(C(=O)N2CCC(C)CC2)cc1. The van der Waals surface area contributed by atoms with E-state index in [2.05, 4.69) is 17.6 Å². The van der Waals surface area contributed by atoms with Crippen LogP contribution in [-0.4, -0.2) is 78.9 Å². The number of nitrogens with one attached hydrogen (secondary N) is 2. The molecule has 0 aromatic heterocycles. The molecule has 1 aromatic rings. The lowest BCUT2D eigenvalue weighted by Gasteiger charge is -2.33. The van der Waals surface area contributed by atoms with Gasteiger partial charge in [-0.2, -0.15) is 0 Å². The van der Waals surface area contributed by atoms with E-state index in [0.29, 0.717) is 36.9 Å². The number of hydrogen-bond donors (Lipinski definition) is 2. The van der Waals surface area contributed by atoms with Crippen LogP contribution in [0.3, 0.4) is 0 Å². The number of piperazine rings is 1. The molecule has 0 bridgehead atoms. The molecule has 2 aliphatic heterocycles. The Balaban J connectivity index is 1.53. The van der Waals surface area contributed by atoms with Crippen LogP contribution in [0.1, 0.15) is 50.4 Å². The Morgan fingerprint density at radius 2 is 1.79 bits per heavy atom. The number of amides is 3. The third kappa shape index (κ3) is 7.28. The van der Waals surface area contributed by atoms with E-state index in [1.54, 1.807) is 29.2 Å². The van der Waals surface area contributed by atoms with Crippen molar-refractivity contribution < 1.29 is 23.9 Å². The van der Waals surface area contributed by atoms with Crippen molar-refractivity contribution in [2.45, 2.75) is 46.1 Å². The summed E-state index contributed by atoms with van der Waals surface area (Å²) in [4.78, 5) is 53.4. The van der Waals surface area contributed by atoms with Crippen LogP contribution >= 0.6 is 0 Å². The Kier molecular flexibility index (Phi) is 9.04. The molecule has 3 amide bonds. The second-order valence-electron chi connectivity index (χ2n) is 9.66. The molecule has 9 nitrogen and oxygen atoms in total. The first-order chi connectivity index (χ1) is 16.2. The van der Waals surface area contributed by atoms with Crippen molar-refractivity contribution in [1.82, 2.24) is 15.1 Å². The van der Waals surface area contributed by atoms with Gasteiger partial charge in [-0.25, -0.2) is 0 Å². The van der Waals surface area contributed by atoms with Crippen molar-refractivity contribution >= 4 is 29.4 Å². The zero-order valence-corrected chi connectivity index (χ0v) is 20.3. The van der Waals surface area contributed by atoms with Gasteiger partial charge in [0.25, 0.3) is 5.91 Å². The van der Waals surface area contributed by atoms with Gasteiger partial charge in [-0.05, 0) is 48.9 Å². The van der Waals surface area contributed by atoms with Crippen LogP contribution in [0.5, 0.6) is 0 Å². The fourth-order valence-corrected chi connectivity index (χ4v) is 4.12. The number of hydrogen-bond acceptors (Lipinski definition) is 6. The Morgan fingerprint density at radius 1 is 1.12 bits per heavy atom. The zero-order chi connectivity index (χ0) is 24.7. The van der Waals surface area contributed by atoms with E-state index in [1.807, 2.05) is 18.7 Å². The van der Waals surface area contributed by atoms with E-state index in [0.717, 1.165) is 25.9 Å². The average Bonchev–Trinajstić information content (AvgIpc) is 2.80. The number of ether oxygens (including phenoxy) is 1. The minimum absolute atomic E-state index is 0.0105. The van der Waals surface area contributed by atoms with Gasteiger partial charge in [-0.1, -0.05) is 20.8 Å². The molecule has 0 saturated carbocycles. The summed E-state index contributed by atoms with van der Waals surface area (Å²) in [6.07, 6.45) is 1.94. The van der Waals surface area contributed by atoms with E-state index in [1.165, 1.54) is 0 Å². The summed E-state index contributed by atoms with van der Waals surface area (Å²) in [5.74, 6) is -0.162. The Bertz CT molecular complexity index is 878. The standard InChI is InChI=1S/C25H36N4O5/c1-17(2)16-34-23(31)14-21-24(32)26-10-13-29(21)15-22(30)27-20-6-4-19(5-7-20)25(33)28-11-8-18(3)9-12-28/h4-7,17-18,21H,8-16H2,1-3H3,(H,26,32)(H,27,30). The summed E-state index contributed by atoms with van der Waals surface area (Å²) in [7, 11) is 0. The molecule has 1 unspecified atom stereocenters. The summed E-state index contributed by atoms with van der Waals surface area (Å²) in [6.45, 7) is 8.77. The van der Waals surface area contributed by atoms with Crippen LogP contribution < -0.4 is 10.6 Å². The number of esters is 1. The molecule has 0 aliphatic carbocycles. The Morgan fingerprint density at radius 3 is 2.44 bits per heavy atom. The third-order valence-corrected chi connectivity index (χ3v) is 6.21. The minimum atomic E-state index is -0.744. The van der Waals surface area contributed by atoms with Crippen molar-refractivity contribution in [3.8, 4) is 0 Å². The molecule has 2 N–H and O–H groups in total. The molecular formula is C25H36N4O5. The van der Waals surface area contributed by atoms with E-state index in [-0.39, 0.29) is 36.6 Å². The molecule has 0 radical (unpaired) electrons. The van der Waals surface area contributed by atoms with Gasteiger partial charge >= 0.3 is 5.97 Å². The molecule has 1 atom stereocenters. The molecular weight excluding hydrogens is 436 g/mol. The molecule has 186 valence electrons. The molecule has 2 aliphatic rings. The number of rotatable bonds is 8. The highest BCUT2D eigenvalue weighted by Crippen LogP contribution is 2.19. The summed E-state index contributed by atoms with van der Waals surface area (Å²) in [5, 5.41) is 5.56. The normalized spacial score (nSPS) is 19.6. The molecule has 1 aromatic carbocycles. The summed E-state index contributed by atoms with van der Waals surface area (Å²) < 4.78 is 5.21. The van der Waals surface area contributed by atoms with Gasteiger partial charge in [0.05, 0.1) is 19.6 Å². The highest BCUT2D eigenvalue weighted by Gasteiger charge is 2.33. The van der Waals surface area contributed by atoms with Gasteiger partial charge in [0.2, 0.25) is 11.8 Å². The van der Waals surface area contributed by atoms with Crippen molar-refractivity contribution in [2.24, 2.45) is 11.8 Å². The largest absolute Gasteiger partial charge is 0.465 e. The van der Waals surface area contributed by atoms with E-state index in [9.17, 15) is 19.2 Å². The maximum Gasteiger partial charge on any atom is 0.307 e. The monoisotopic (exact) mass is 472 g/mol. The quantitative estimate of drug-likeness (QED) is 0.560. The number of piperidine rings is 1. The van der Waals surface area contributed by atoms with Gasteiger partial charge in [0.1, 0.15) is 6.04 Å². The molecule has 2 fully saturated rings. The first-order valence-electron chi connectivity index (χ1n) is 12.1. The summed E-state index contributed by atoms with van der Waals surface area (Å²) in [5.41, 5.74) is 1.17. The first kappa shape index (κ1) is 25.7. The van der Waals surface area contributed by atoms with E-state index >= 15 is 0 Å². The van der Waals surface area contributed by atoms with E-state index in [4.69, 9.17) is 4.74 Å². The van der Waals surface area contributed by atoms with Crippen molar-refractivity contribution in [1.29, 1.82) is 0 Å². The topological polar surface area (TPSA) is 108 Å². The van der Waals surface area contributed by atoms with Crippen LogP contribution in [0.15, 0.2) is 24.3 Å². The highest BCUT2D eigenvalue weighted by atomic mass is 16.5. The zero-order valence-electron chi connectivity index (χ0n) is 20.3. The predicted molar refractivity (Wildman–Crippen MR) is 128 cm³/mol. The Hall–Kier alpha value is -2.94. The van der Waals surface area contributed by atoms with Gasteiger partial charge in [-0.3, -0.25) is 24.1 Å². The van der Waals surface area contributed by atoms with Gasteiger partial charge in [0, 0.05) is 37.4 Å². The third-order valence-electron chi connectivity index (χ3n) is 6.21. The maximum atomic E-state index is 12.7. The molecule has 3 rings (SSSR count). The highest BCUT2D eigenvalue weighted by molar-refractivity contribution is 5.96. The minimum Gasteiger partial charge on any atom is -0.465 e. The number of carbonyl (C=O) groups excluding carboxylic acids is 4. The number of carbonyl (C=O) groups is 4. The van der Waals surface area contributed by atoms with Crippen molar-refractivity contribution in [3.05, 3.63) is 29.8 Å². The lowest BCUT2D eigenvalue weighted by Crippen LogP contribution is -2.57. The van der Waals surface area contributed by atoms with Crippen LogP contribution in [0.4, 0.5) is 5.69 Å². The Labute approximate surface area is 201 Å². The average molecular weight is 473 g/mol. The summed E-state index contributed by atoms with van der Waals surface area (Å²) >= 11 is 0. The predicted octanol–water partition coefficient (Wildman–Crippen LogP) is 1.89.